The van der Waals surface area contributed by atoms with Gasteiger partial charge in [0.1, 0.15) is 17.6 Å². The van der Waals surface area contributed by atoms with E-state index in [4.69, 9.17) is 4.74 Å². The number of hydrogen-bond donors (Lipinski definition) is 2. The average molecular weight is 415 g/mol. The molecule has 0 saturated carbocycles. The highest BCUT2D eigenvalue weighted by Gasteiger charge is 2.21. The quantitative estimate of drug-likeness (QED) is 0.729. The average Bonchev–Trinajstić information content (AvgIpc) is 2.69. The fourth-order valence-corrected chi connectivity index (χ4v) is 4.30. The zero-order valence-electron chi connectivity index (χ0n) is 16.7. The first kappa shape index (κ1) is 21.2. The van der Waals surface area contributed by atoms with Crippen molar-refractivity contribution in [2.45, 2.75) is 26.4 Å². The first-order valence-electron chi connectivity index (χ1n) is 9.61. The second-order valence-corrected chi connectivity index (χ2v) is 8.61. The summed E-state index contributed by atoms with van der Waals surface area (Å²) in [6, 6.07) is 13.7. The number of carbonyl (C=O) groups excluding carboxylic acids is 2. The minimum Gasteiger partial charge on any atom is -0.371 e. The van der Waals surface area contributed by atoms with Gasteiger partial charge in [0.2, 0.25) is 11.8 Å². The van der Waals surface area contributed by atoms with Crippen LogP contribution in [0.4, 0.5) is 5.69 Å². The van der Waals surface area contributed by atoms with Crippen LogP contribution in [0.15, 0.2) is 42.5 Å². The molecule has 3 rings (SSSR count). The summed E-state index contributed by atoms with van der Waals surface area (Å²) in [5.74, 6) is -1.15. The van der Waals surface area contributed by atoms with Crippen LogP contribution < -0.4 is 10.6 Å². The van der Waals surface area contributed by atoms with Gasteiger partial charge in [-0.25, -0.2) is 0 Å². The molecular weight excluding hydrogens is 388 g/mol. The molecule has 0 bridgehead atoms. The number of anilines is 1. The first-order valence-corrected chi connectivity index (χ1v) is 11.1. The van der Waals surface area contributed by atoms with E-state index in [1.54, 1.807) is 0 Å². The number of ether oxygens (including phenoxy) is 1. The van der Waals surface area contributed by atoms with Crippen molar-refractivity contribution in [3.63, 3.8) is 0 Å². The molecule has 2 atom stereocenters. The third-order valence-corrected chi connectivity index (χ3v) is 6.08. The van der Waals surface area contributed by atoms with Gasteiger partial charge in [0.25, 0.3) is 0 Å². The lowest BCUT2D eigenvalue weighted by Crippen LogP contribution is -2.35. The summed E-state index contributed by atoms with van der Waals surface area (Å²) < 4.78 is 18.0. The normalized spacial score (nSPS) is 16.6. The molecule has 2 N–H and O–H groups in total. The van der Waals surface area contributed by atoms with Crippen molar-refractivity contribution in [2.24, 2.45) is 0 Å². The SMILES string of the molecule is Cc1cccc(C)c1NC(=O)C[S@@](=O)CC(=O)NC[C@H]1OCCc2ccccc21. The maximum atomic E-state index is 12.2. The number of para-hydroxylation sites is 1. The predicted molar refractivity (Wildman–Crippen MR) is 114 cm³/mol. The summed E-state index contributed by atoms with van der Waals surface area (Å²) in [5, 5.41) is 5.57. The van der Waals surface area contributed by atoms with E-state index in [1.165, 1.54) is 5.56 Å². The van der Waals surface area contributed by atoms with Gasteiger partial charge in [0.15, 0.2) is 0 Å². The number of benzene rings is 2. The van der Waals surface area contributed by atoms with Crippen LogP contribution in [0.1, 0.15) is 28.4 Å². The Morgan fingerprint density at radius 3 is 2.48 bits per heavy atom. The van der Waals surface area contributed by atoms with Crippen LogP contribution in [0.3, 0.4) is 0 Å². The molecule has 6 nitrogen and oxygen atoms in total. The summed E-state index contributed by atoms with van der Waals surface area (Å²) in [4.78, 5) is 24.4. The van der Waals surface area contributed by atoms with Gasteiger partial charge in [-0.3, -0.25) is 13.8 Å². The second-order valence-electron chi connectivity index (χ2n) is 7.16. The zero-order chi connectivity index (χ0) is 20.8. The Labute approximate surface area is 173 Å². The zero-order valence-corrected chi connectivity index (χ0v) is 17.5. The predicted octanol–water partition coefficient (Wildman–Crippen LogP) is 2.42. The molecule has 29 heavy (non-hydrogen) atoms. The number of nitrogens with one attached hydrogen (secondary N) is 2. The molecule has 0 unspecified atom stereocenters. The van der Waals surface area contributed by atoms with Gasteiger partial charge >= 0.3 is 0 Å². The van der Waals surface area contributed by atoms with Crippen LogP contribution in [0.5, 0.6) is 0 Å². The van der Waals surface area contributed by atoms with Crippen LogP contribution >= 0.6 is 0 Å². The van der Waals surface area contributed by atoms with Gasteiger partial charge < -0.3 is 15.4 Å². The van der Waals surface area contributed by atoms with E-state index in [0.29, 0.717) is 13.2 Å². The maximum Gasteiger partial charge on any atom is 0.237 e. The molecule has 0 saturated heterocycles. The standard InChI is InChI=1S/C22H26N2O4S/c1-15-6-5-7-16(2)22(15)24-21(26)14-29(27)13-20(25)23-12-19-18-9-4-3-8-17(18)10-11-28-19/h3-9,19H,10-14H2,1-2H3,(H,23,25)(H,24,26)/t19-,29+/m1/s1. The van der Waals surface area contributed by atoms with E-state index in [2.05, 4.69) is 16.7 Å². The highest BCUT2D eigenvalue weighted by atomic mass is 32.2. The molecule has 2 aromatic rings. The summed E-state index contributed by atoms with van der Waals surface area (Å²) in [6.45, 7) is 4.74. The molecular formula is C22H26N2O4S. The number of carbonyl (C=O) groups is 2. The van der Waals surface area contributed by atoms with Crippen molar-refractivity contribution in [3.05, 3.63) is 64.7 Å². The Balaban J connectivity index is 1.46. The maximum absolute atomic E-state index is 12.2. The van der Waals surface area contributed by atoms with E-state index in [0.717, 1.165) is 28.8 Å². The molecule has 0 spiro atoms. The van der Waals surface area contributed by atoms with Crippen LogP contribution in [-0.2, 0) is 31.5 Å². The lowest BCUT2D eigenvalue weighted by molar-refractivity contribution is -0.119. The lowest BCUT2D eigenvalue weighted by Gasteiger charge is -2.26. The Hall–Kier alpha value is -2.51. The Morgan fingerprint density at radius 1 is 1.03 bits per heavy atom. The topological polar surface area (TPSA) is 84.5 Å². The number of amides is 2. The van der Waals surface area contributed by atoms with Gasteiger partial charge in [-0.2, -0.15) is 0 Å². The van der Waals surface area contributed by atoms with Crippen LogP contribution in [0.25, 0.3) is 0 Å². The smallest absolute Gasteiger partial charge is 0.237 e. The van der Waals surface area contributed by atoms with Crippen molar-refractivity contribution in [1.82, 2.24) is 5.32 Å². The van der Waals surface area contributed by atoms with E-state index in [1.807, 2.05) is 50.2 Å². The van der Waals surface area contributed by atoms with Gasteiger partial charge in [0.05, 0.1) is 6.61 Å². The summed E-state index contributed by atoms with van der Waals surface area (Å²) in [5.41, 5.74) is 4.91. The largest absolute Gasteiger partial charge is 0.371 e. The van der Waals surface area contributed by atoms with Gasteiger partial charge in [-0.15, -0.1) is 0 Å². The van der Waals surface area contributed by atoms with Gasteiger partial charge in [-0.1, -0.05) is 42.5 Å². The molecule has 0 fully saturated rings. The van der Waals surface area contributed by atoms with E-state index in [9.17, 15) is 13.8 Å². The number of aryl methyl sites for hydroxylation is 2. The molecule has 2 amide bonds. The molecule has 2 aromatic carbocycles. The molecule has 0 radical (unpaired) electrons. The minimum absolute atomic E-state index is 0.204. The van der Waals surface area contributed by atoms with Crippen molar-refractivity contribution in [1.29, 1.82) is 0 Å². The van der Waals surface area contributed by atoms with E-state index < -0.39 is 10.8 Å². The molecule has 7 heteroatoms. The fourth-order valence-electron chi connectivity index (χ4n) is 3.43. The molecule has 1 aliphatic heterocycles. The molecule has 1 heterocycles. The Kier molecular flexibility index (Phi) is 7.17. The summed E-state index contributed by atoms with van der Waals surface area (Å²) in [6.07, 6.45) is 0.657. The van der Waals surface area contributed by atoms with Crippen molar-refractivity contribution in [2.75, 3.05) is 30.0 Å². The van der Waals surface area contributed by atoms with E-state index >= 15 is 0 Å². The third-order valence-electron chi connectivity index (χ3n) is 4.91. The summed E-state index contributed by atoms with van der Waals surface area (Å²) in [7, 11) is -1.58. The minimum atomic E-state index is -1.58. The van der Waals surface area contributed by atoms with Crippen LogP contribution in [0.2, 0.25) is 0 Å². The fraction of sp³-hybridized carbons (Fsp3) is 0.364. The molecule has 0 aromatic heterocycles. The Morgan fingerprint density at radius 2 is 1.72 bits per heavy atom. The summed E-state index contributed by atoms with van der Waals surface area (Å²) >= 11 is 0. The van der Waals surface area contributed by atoms with Crippen molar-refractivity contribution >= 4 is 28.3 Å². The highest BCUT2D eigenvalue weighted by Crippen LogP contribution is 2.26. The van der Waals surface area contributed by atoms with Crippen molar-refractivity contribution in [3.8, 4) is 0 Å². The van der Waals surface area contributed by atoms with Crippen molar-refractivity contribution < 1.29 is 18.5 Å². The molecule has 0 aliphatic carbocycles. The number of rotatable bonds is 7. The Bertz CT molecular complexity index is 909. The number of fused-ring (bicyclic) bond motifs is 1. The van der Waals surface area contributed by atoms with Gasteiger partial charge in [-0.05, 0) is 42.5 Å². The number of hydrogen-bond acceptors (Lipinski definition) is 4. The van der Waals surface area contributed by atoms with Gasteiger partial charge in [0, 0.05) is 23.0 Å². The first-order chi connectivity index (χ1) is 13.9. The molecule has 154 valence electrons. The lowest BCUT2D eigenvalue weighted by atomic mass is 9.97. The second kappa shape index (κ2) is 9.80. The highest BCUT2D eigenvalue weighted by molar-refractivity contribution is 7.86. The monoisotopic (exact) mass is 414 g/mol. The third kappa shape index (κ3) is 5.74. The van der Waals surface area contributed by atoms with Crippen LogP contribution in [0, 0.1) is 13.8 Å². The van der Waals surface area contributed by atoms with E-state index in [-0.39, 0.29) is 29.4 Å². The molecule has 1 aliphatic rings. The van der Waals surface area contributed by atoms with Crippen LogP contribution in [-0.4, -0.2) is 40.7 Å².